The SMILES string of the molecule is N#Cc1cc(NC(=O)C2CSCCN2)ccc1F. The van der Waals surface area contributed by atoms with Crippen molar-refractivity contribution in [2.24, 2.45) is 0 Å². The number of carbonyl (C=O) groups is 1. The molecule has 1 unspecified atom stereocenters. The van der Waals surface area contributed by atoms with Gasteiger partial charge in [0.1, 0.15) is 11.9 Å². The Morgan fingerprint density at radius 2 is 2.44 bits per heavy atom. The summed E-state index contributed by atoms with van der Waals surface area (Å²) < 4.78 is 13.1. The van der Waals surface area contributed by atoms with E-state index >= 15 is 0 Å². The molecular weight excluding hydrogens is 253 g/mol. The van der Waals surface area contributed by atoms with Gasteiger partial charge in [-0.15, -0.1) is 0 Å². The molecule has 0 aliphatic carbocycles. The summed E-state index contributed by atoms with van der Waals surface area (Å²) in [6.45, 7) is 0.801. The number of carbonyl (C=O) groups excluding carboxylic acids is 1. The van der Waals surface area contributed by atoms with E-state index in [4.69, 9.17) is 5.26 Å². The van der Waals surface area contributed by atoms with Crippen molar-refractivity contribution in [2.45, 2.75) is 6.04 Å². The van der Waals surface area contributed by atoms with Gasteiger partial charge in [-0.1, -0.05) is 0 Å². The van der Waals surface area contributed by atoms with Gasteiger partial charge in [0.05, 0.1) is 11.6 Å². The highest BCUT2D eigenvalue weighted by Gasteiger charge is 2.21. The van der Waals surface area contributed by atoms with E-state index in [1.807, 2.05) is 0 Å². The van der Waals surface area contributed by atoms with E-state index in [0.29, 0.717) is 5.69 Å². The first-order chi connectivity index (χ1) is 8.70. The number of thioether (sulfide) groups is 1. The van der Waals surface area contributed by atoms with Crippen LogP contribution in [0, 0.1) is 17.1 Å². The van der Waals surface area contributed by atoms with E-state index in [9.17, 15) is 9.18 Å². The van der Waals surface area contributed by atoms with Crippen molar-refractivity contribution in [3.63, 3.8) is 0 Å². The van der Waals surface area contributed by atoms with E-state index < -0.39 is 5.82 Å². The highest BCUT2D eigenvalue weighted by molar-refractivity contribution is 7.99. The Kier molecular flexibility index (Phi) is 4.18. The normalized spacial score (nSPS) is 19.0. The highest BCUT2D eigenvalue weighted by atomic mass is 32.2. The Morgan fingerprint density at radius 1 is 1.61 bits per heavy atom. The monoisotopic (exact) mass is 265 g/mol. The van der Waals surface area contributed by atoms with Crippen LogP contribution in [0.5, 0.6) is 0 Å². The zero-order valence-corrected chi connectivity index (χ0v) is 10.4. The number of hydrogen-bond donors (Lipinski definition) is 2. The molecule has 0 saturated carbocycles. The van der Waals surface area contributed by atoms with Crippen LogP contribution in [0.25, 0.3) is 0 Å². The Hall–Kier alpha value is -1.58. The van der Waals surface area contributed by atoms with Gasteiger partial charge in [0.15, 0.2) is 0 Å². The first-order valence-electron chi connectivity index (χ1n) is 5.52. The van der Waals surface area contributed by atoms with Crippen LogP contribution in [0.2, 0.25) is 0 Å². The second-order valence-corrected chi connectivity index (χ2v) is 5.03. The Labute approximate surface area is 109 Å². The molecule has 1 atom stereocenters. The standard InChI is InChI=1S/C12H12FN3OS/c13-10-2-1-9(5-8(10)6-14)16-12(17)11-7-18-4-3-15-11/h1-2,5,11,15H,3-4,7H2,(H,16,17). The molecule has 0 radical (unpaired) electrons. The summed E-state index contributed by atoms with van der Waals surface area (Å²) in [6, 6.07) is 5.47. The largest absolute Gasteiger partial charge is 0.325 e. The Morgan fingerprint density at radius 3 is 3.11 bits per heavy atom. The average Bonchev–Trinajstić information content (AvgIpc) is 2.42. The minimum absolute atomic E-state index is 0.0706. The fraction of sp³-hybridized carbons (Fsp3) is 0.333. The number of nitriles is 1. The topological polar surface area (TPSA) is 64.9 Å². The van der Waals surface area contributed by atoms with E-state index in [-0.39, 0.29) is 17.5 Å². The summed E-state index contributed by atoms with van der Waals surface area (Å²) in [4.78, 5) is 11.9. The molecule has 0 bridgehead atoms. The molecule has 1 fully saturated rings. The summed E-state index contributed by atoms with van der Waals surface area (Å²) in [7, 11) is 0. The summed E-state index contributed by atoms with van der Waals surface area (Å²) in [5.74, 6) is 0.983. The summed E-state index contributed by atoms with van der Waals surface area (Å²) >= 11 is 1.72. The van der Waals surface area contributed by atoms with Gasteiger partial charge in [-0.3, -0.25) is 4.79 Å². The van der Waals surface area contributed by atoms with Crippen molar-refractivity contribution >= 4 is 23.4 Å². The molecule has 1 aliphatic heterocycles. The predicted octanol–water partition coefficient (Wildman–Crippen LogP) is 1.34. The number of hydrogen-bond acceptors (Lipinski definition) is 4. The van der Waals surface area contributed by atoms with Crippen molar-refractivity contribution in [1.29, 1.82) is 5.26 Å². The molecule has 1 saturated heterocycles. The van der Waals surface area contributed by atoms with Gasteiger partial charge in [-0.2, -0.15) is 17.0 Å². The lowest BCUT2D eigenvalue weighted by atomic mass is 10.2. The van der Waals surface area contributed by atoms with Crippen molar-refractivity contribution in [2.75, 3.05) is 23.4 Å². The molecule has 2 N–H and O–H groups in total. The molecule has 2 rings (SSSR count). The quantitative estimate of drug-likeness (QED) is 0.847. The molecule has 1 amide bonds. The number of halogens is 1. The Balaban J connectivity index is 2.05. The van der Waals surface area contributed by atoms with Crippen molar-refractivity contribution in [1.82, 2.24) is 5.32 Å². The fourth-order valence-corrected chi connectivity index (χ4v) is 2.59. The maximum absolute atomic E-state index is 13.1. The van der Waals surface area contributed by atoms with Crippen LogP contribution in [-0.2, 0) is 4.79 Å². The summed E-state index contributed by atoms with van der Waals surface area (Å²) in [5.41, 5.74) is 0.370. The number of anilines is 1. The minimum Gasteiger partial charge on any atom is -0.325 e. The van der Waals surface area contributed by atoms with E-state index in [0.717, 1.165) is 18.1 Å². The van der Waals surface area contributed by atoms with Gasteiger partial charge in [0.25, 0.3) is 0 Å². The zero-order valence-electron chi connectivity index (χ0n) is 9.57. The second-order valence-electron chi connectivity index (χ2n) is 3.88. The highest BCUT2D eigenvalue weighted by Crippen LogP contribution is 2.15. The number of nitrogens with one attached hydrogen (secondary N) is 2. The van der Waals surface area contributed by atoms with Gasteiger partial charge < -0.3 is 10.6 Å². The number of amides is 1. The smallest absolute Gasteiger partial charge is 0.242 e. The van der Waals surface area contributed by atoms with E-state index in [2.05, 4.69) is 10.6 Å². The third-order valence-electron chi connectivity index (χ3n) is 2.59. The molecule has 0 spiro atoms. The first-order valence-corrected chi connectivity index (χ1v) is 6.68. The third-order valence-corrected chi connectivity index (χ3v) is 3.65. The third kappa shape index (κ3) is 3.00. The predicted molar refractivity (Wildman–Crippen MR) is 68.9 cm³/mol. The lowest BCUT2D eigenvalue weighted by molar-refractivity contribution is -0.117. The molecule has 94 valence electrons. The van der Waals surface area contributed by atoms with Crippen molar-refractivity contribution < 1.29 is 9.18 Å². The molecule has 1 aromatic rings. The van der Waals surface area contributed by atoms with Gasteiger partial charge in [-0.05, 0) is 18.2 Å². The maximum Gasteiger partial charge on any atom is 0.242 e. The maximum atomic E-state index is 13.1. The Bertz CT molecular complexity index is 495. The fourth-order valence-electron chi connectivity index (χ4n) is 1.65. The molecule has 1 aliphatic rings. The summed E-state index contributed by atoms with van der Waals surface area (Å²) in [5, 5.41) is 14.5. The minimum atomic E-state index is -0.582. The van der Waals surface area contributed by atoms with Crippen LogP contribution in [0.3, 0.4) is 0 Å². The van der Waals surface area contributed by atoms with E-state index in [1.54, 1.807) is 17.8 Å². The lowest BCUT2D eigenvalue weighted by Crippen LogP contribution is -2.46. The van der Waals surface area contributed by atoms with Crippen LogP contribution >= 0.6 is 11.8 Å². The zero-order chi connectivity index (χ0) is 13.0. The molecular formula is C12H12FN3OS. The molecule has 4 nitrogen and oxygen atoms in total. The van der Waals surface area contributed by atoms with Crippen LogP contribution in [0.1, 0.15) is 5.56 Å². The van der Waals surface area contributed by atoms with Crippen LogP contribution < -0.4 is 10.6 Å². The first kappa shape index (κ1) is 12.9. The molecule has 18 heavy (non-hydrogen) atoms. The van der Waals surface area contributed by atoms with E-state index in [1.165, 1.54) is 18.2 Å². The van der Waals surface area contributed by atoms with Crippen molar-refractivity contribution in [3.8, 4) is 6.07 Å². The number of benzene rings is 1. The summed E-state index contributed by atoms with van der Waals surface area (Å²) in [6.07, 6.45) is 0. The van der Waals surface area contributed by atoms with Crippen LogP contribution in [0.4, 0.5) is 10.1 Å². The van der Waals surface area contributed by atoms with Crippen LogP contribution in [0.15, 0.2) is 18.2 Å². The van der Waals surface area contributed by atoms with Gasteiger partial charge in [0.2, 0.25) is 5.91 Å². The number of rotatable bonds is 2. The van der Waals surface area contributed by atoms with Gasteiger partial charge in [-0.25, -0.2) is 4.39 Å². The number of nitrogens with zero attached hydrogens (tertiary/aromatic N) is 1. The molecule has 6 heteroatoms. The molecule has 1 aromatic carbocycles. The molecule has 1 heterocycles. The van der Waals surface area contributed by atoms with Gasteiger partial charge in [0, 0.05) is 23.7 Å². The lowest BCUT2D eigenvalue weighted by Gasteiger charge is -2.22. The van der Waals surface area contributed by atoms with Crippen molar-refractivity contribution in [3.05, 3.63) is 29.6 Å². The average molecular weight is 265 g/mol. The van der Waals surface area contributed by atoms with Gasteiger partial charge >= 0.3 is 0 Å². The van der Waals surface area contributed by atoms with Crippen LogP contribution in [-0.4, -0.2) is 30.0 Å². The second kappa shape index (κ2) is 5.85. The molecule has 0 aromatic heterocycles.